The molecule has 2 aromatic rings. The van der Waals surface area contributed by atoms with E-state index in [1.807, 2.05) is 11.9 Å². The zero-order chi connectivity index (χ0) is 21.2. The van der Waals surface area contributed by atoms with Gasteiger partial charge in [-0.1, -0.05) is 6.07 Å². The quantitative estimate of drug-likeness (QED) is 0.815. The molecule has 6 nitrogen and oxygen atoms in total. The zero-order valence-electron chi connectivity index (χ0n) is 15.6. The van der Waals surface area contributed by atoms with Gasteiger partial charge in [-0.05, 0) is 49.5 Å². The van der Waals surface area contributed by atoms with Crippen molar-refractivity contribution in [1.82, 2.24) is 9.21 Å². The van der Waals surface area contributed by atoms with Crippen LogP contribution in [0, 0.1) is 0 Å². The first kappa shape index (κ1) is 21.3. The van der Waals surface area contributed by atoms with Crippen LogP contribution in [0.4, 0.5) is 18.9 Å². The molecule has 1 N–H and O–H groups in total. The van der Waals surface area contributed by atoms with Crippen molar-refractivity contribution in [3.63, 3.8) is 0 Å². The number of hydrogen-bond acceptors (Lipinski definition) is 4. The maximum Gasteiger partial charge on any atom is 0.416 e. The first-order valence-corrected chi connectivity index (χ1v) is 10.3. The van der Waals surface area contributed by atoms with Crippen molar-refractivity contribution in [2.45, 2.75) is 11.1 Å². The van der Waals surface area contributed by atoms with E-state index in [-0.39, 0.29) is 16.1 Å². The van der Waals surface area contributed by atoms with E-state index in [1.165, 1.54) is 28.6 Å². The molecule has 2 aromatic carbocycles. The number of likely N-dealkylation sites (N-methyl/N-ethyl adjacent to an activating group) is 1. The number of sulfonamides is 1. The number of halogens is 3. The molecule has 1 saturated heterocycles. The van der Waals surface area contributed by atoms with Crippen molar-refractivity contribution < 1.29 is 26.4 Å². The molecular weight excluding hydrogens is 407 g/mol. The van der Waals surface area contributed by atoms with Crippen LogP contribution in [-0.2, 0) is 16.2 Å². The monoisotopic (exact) mass is 427 g/mol. The highest BCUT2D eigenvalue weighted by Gasteiger charge is 2.30. The SMILES string of the molecule is CN1CCN(S(=O)(=O)c2cccc(C(=O)Nc3ccc(C(F)(F)F)cc3)c2)CC1. The molecule has 0 atom stereocenters. The summed E-state index contributed by atoms with van der Waals surface area (Å²) in [4.78, 5) is 14.5. The lowest BCUT2D eigenvalue weighted by Gasteiger charge is -2.31. The van der Waals surface area contributed by atoms with Crippen molar-refractivity contribution >= 4 is 21.6 Å². The fraction of sp³-hybridized carbons (Fsp3) is 0.316. The van der Waals surface area contributed by atoms with Gasteiger partial charge in [-0.3, -0.25) is 4.79 Å². The van der Waals surface area contributed by atoms with Gasteiger partial charge in [-0.15, -0.1) is 0 Å². The van der Waals surface area contributed by atoms with E-state index in [1.54, 1.807) is 0 Å². The predicted molar refractivity (Wildman–Crippen MR) is 102 cm³/mol. The van der Waals surface area contributed by atoms with Gasteiger partial charge in [0, 0.05) is 37.4 Å². The van der Waals surface area contributed by atoms with E-state index in [2.05, 4.69) is 5.32 Å². The van der Waals surface area contributed by atoms with Crippen LogP contribution >= 0.6 is 0 Å². The van der Waals surface area contributed by atoms with Gasteiger partial charge < -0.3 is 10.2 Å². The summed E-state index contributed by atoms with van der Waals surface area (Å²) in [5.41, 5.74) is -0.550. The van der Waals surface area contributed by atoms with Crippen molar-refractivity contribution in [3.8, 4) is 0 Å². The van der Waals surface area contributed by atoms with Crippen molar-refractivity contribution in [1.29, 1.82) is 0 Å². The molecule has 1 aliphatic rings. The van der Waals surface area contributed by atoms with Crippen LogP contribution in [0.2, 0.25) is 0 Å². The van der Waals surface area contributed by atoms with Crippen molar-refractivity contribution in [2.24, 2.45) is 0 Å². The highest BCUT2D eigenvalue weighted by atomic mass is 32.2. The smallest absolute Gasteiger partial charge is 0.322 e. The average molecular weight is 427 g/mol. The maximum absolute atomic E-state index is 12.8. The molecule has 29 heavy (non-hydrogen) atoms. The molecule has 0 aliphatic carbocycles. The molecule has 1 fully saturated rings. The van der Waals surface area contributed by atoms with Crippen LogP contribution in [0.3, 0.4) is 0 Å². The fourth-order valence-electron chi connectivity index (χ4n) is 2.92. The minimum Gasteiger partial charge on any atom is -0.322 e. The molecule has 0 bridgehead atoms. The summed E-state index contributed by atoms with van der Waals surface area (Å²) in [6, 6.07) is 9.62. The second kappa shape index (κ2) is 8.13. The van der Waals surface area contributed by atoms with Gasteiger partial charge in [0.15, 0.2) is 0 Å². The molecule has 1 heterocycles. The van der Waals surface area contributed by atoms with Gasteiger partial charge in [-0.25, -0.2) is 8.42 Å². The third-order valence-corrected chi connectivity index (χ3v) is 6.56. The van der Waals surface area contributed by atoms with Gasteiger partial charge in [-0.2, -0.15) is 17.5 Å². The summed E-state index contributed by atoms with van der Waals surface area (Å²) in [6.45, 7) is 1.96. The molecule has 0 saturated carbocycles. The highest BCUT2D eigenvalue weighted by molar-refractivity contribution is 7.89. The van der Waals surface area contributed by atoms with Crippen LogP contribution in [0.1, 0.15) is 15.9 Å². The minimum atomic E-state index is -4.46. The summed E-state index contributed by atoms with van der Waals surface area (Å²) in [5, 5.41) is 2.48. The highest BCUT2D eigenvalue weighted by Crippen LogP contribution is 2.30. The first-order valence-electron chi connectivity index (χ1n) is 8.85. The number of carbonyl (C=O) groups is 1. The largest absolute Gasteiger partial charge is 0.416 e. The van der Waals surface area contributed by atoms with Crippen LogP contribution in [-0.4, -0.2) is 56.8 Å². The lowest BCUT2D eigenvalue weighted by Crippen LogP contribution is -2.47. The van der Waals surface area contributed by atoms with Crippen LogP contribution in [0.25, 0.3) is 0 Å². The van der Waals surface area contributed by atoms with Gasteiger partial charge in [0.05, 0.1) is 10.5 Å². The molecule has 0 unspecified atom stereocenters. The zero-order valence-corrected chi connectivity index (χ0v) is 16.4. The Balaban J connectivity index is 1.76. The summed E-state index contributed by atoms with van der Waals surface area (Å²) in [5.74, 6) is -0.611. The number of nitrogens with zero attached hydrogens (tertiary/aromatic N) is 2. The Morgan fingerprint density at radius 3 is 2.21 bits per heavy atom. The second-order valence-electron chi connectivity index (χ2n) is 6.76. The number of nitrogens with one attached hydrogen (secondary N) is 1. The molecule has 3 rings (SSSR count). The topological polar surface area (TPSA) is 69.7 Å². The number of hydrogen-bond donors (Lipinski definition) is 1. The third kappa shape index (κ3) is 4.95. The van der Waals surface area contributed by atoms with E-state index < -0.39 is 27.7 Å². The van der Waals surface area contributed by atoms with Crippen molar-refractivity contribution in [2.75, 3.05) is 38.5 Å². The van der Waals surface area contributed by atoms with Gasteiger partial charge in [0.1, 0.15) is 0 Å². The van der Waals surface area contributed by atoms with E-state index in [0.29, 0.717) is 26.2 Å². The number of benzene rings is 2. The minimum absolute atomic E-state index is 0.00197. The van der Waals surface area contributed by atoms with Gasteiger partial charge in [0.2, 0.25) is 10.0 Å². The molecular formula is C19H20F3N3O3S. The van der Waals surface area contributed by atoms with Gasteiger partial charge >= 0.3 is 6.18 Å². The average Bonchev–Trinajstić information content (AvgIpc) is 2.68. The van der Waals surface area contributed by atoms with Crippen LogP contribution in [0.5, 0.6) is 0 Å². The van der Waals surface area contributed by atoms with E-state index in [9.17, 15) is 26.4 Å². The van der Waals surface area contributed by atoms with Crippen LogP contribution in [0.15, 0.2) is 53.4 Å². The Morgan fingerprint density at radius 2 is 1.62 bits per heavy atom. The lowest BCUT2D eigenvalue weighted by molar-refractivity contribution is -0.137. The van der Waals surface area contributed by atoms with E-state index in [4.69, 9.17) is 0 Å². The molecule has 0 aromatic heterocycles. The van der Waals surface area contributed by atoms with E-state index >= 15 is 0 Å². The molecule has 156 valence electrons. The number of piperazine rings is 1. The Labute approximate surface area is 167 Å². The Morgan fingerprint density at radius 1 is 1.00 bits per heavy atom. The fourth-order valence-corrected chi connectivity index (χ4v) is 4.39. The number of rotatable bonds is 4. The molecule has 0 spiro atoms. The van der Waals surface area contributed by atoms with Gasteiger partial charge in [0.25, 0.3) is 5.91 Å². The molecule has 0 radical (unpaired) electrons. The summed E-state index contributed by atoms with van der Waals surface area (Å²) < 4.78 is 64.9. The Hall–Kier alpha value is -2.43. The number of amides is 1. The Kier molecular flexibility index (Phi) is 5.97. The lowest BCUT2D eigenvalue weighted by atomic mass is 10.2. The normalized spacial score (nSPS) is 16.6. The summed E-state index contributed by atoms with van der Waals surface area (Å²) in [6.07, 6.45) is -4.46. The van der Waals surface area contributed by atoms with E-state index in [0.717, 1.165) is 24.3 Å². The second-order valence-corrected chi connectivity index (χ2v) is 8.70. The third-order valence-electron chi connectivity index (χ3n) is 4.67. The maximum atomic E-state index is 12.8. The first-order chi connectivity index (χ1) is 13.6. The standard InChI is InChI=1S/C19H20F3N3O3S/c1-24-9-11-25(12-10-24)29(27,28)17-4-2-3-14(13-17)18(26)23-16-7-5-15(6-8-16)19(20,21)22/h2-8,13H,9-12H2,1H3,(H,23,26). The number of carbonyl (C=O) groups excluding carboxylic acids is 1. The van der Waals surface area contributed by atoms with Crippen molar-refractivity contribution in [3.05, 3.63) is 59.7 Å². The molecule has 1 aliphatic heterocycles. The number of anilines is 1. The summed E-state index contributed by atoms with van der Waals surface area (Å²) >= 11 is 0. The number of alkyl halides is 3. The summed E-state index contributed by atoms with van der Waals surface area (Å²) in [7, 11) is -1.82. The van der Waals surface area contributed by atoms with Crippen LogP contribution < -0.4 is 5.32 Å². The molecule has 10 heteroatoms. The Bertz CT molecular complexity index is 984. The molecule has 1 amide bonds. The predicted octanol–water partition coefficient (Wildman–Crippen LogP) is 2.89.